The number of carbonyl (C=O) groups excluding carboxylic acids is 1. The van der Waals surface area contributed by atoms with Gasteiger partial charge in [0, 0.05) is 15.1 Å². The van der Waals surface area contributed by atoms with Crippen molar-refractivity contribution in [3.05, 3.63) is 92.9 Å². The lowest BCUT2D eigenvalue weighted by Crippen LogP contribution is -2.37. The molecule has 3 aromatic carbocycles. The molecule has 144 valence electrons. The molecule has 0 aromatic heterocycles. The summed E-state index contributed by atoms with van der Waals surface area (Å²) < 4.78 is 28.5. The number of carbonyl (C=O) groups is 1. The maximum absolute atomic E-state index is 13.4. The molecule has 0 unspecified atom stereocenters. The SMILES string of the molecule is Cc1ccc(C)c(N(C(=O)c2ccc(Br)cc2)S(=O)(=O)c2ccc(Cl)cc2)c1. The first-order chi connectivity index (χ1) is 13.2. The highest BCUT2D eigenvalue weighted by molar-refractivity contribution is 9.10. The Hall–Kier alpha value is -2.15. The Labute approximate surface area is 177 Å². The average Bonchev–Trinajstić information content (AvgIpc) is 2.65. The van der Waals surface area contributed by atoms with Gasteiger partial charge in [0.05, 0.1) is 10.6 Å². The summed E-state index contributed by atoms with van der Waals surface area (Å²) in [6.07, 6.45) is 0. The van der Waals surface area contributed by atoms with E-state index in [-0.39, 0.29) is 10.5 Å². The van der Waals surface area contributed by atoms with Crippen molar-refractivity contribution in [1.29, 1.82) is 0 Å². The quantitative estimate of drug-likeness (QED) is 0.479. The number of hydrogen-bond acceptors (Lipinski definition) is 3. The van der Waals surface area contributed by atoms with E-state index in [1.165, 1.54) is 24.3 Å². The number of aryl methyl sites for hydroxylation is 2. The van der Waals surface area contributed by atoms with Gasteiger partial charge in [-0.1, -0.05) is 39.7 Å². The fraction of sp³-hybridized carbons (Fsp3) is 0.0952. The van der Waals surface area contributed by atoms with E-state index in [2.05, 4.69) is 15.9 Å². The summed E-state index contributed by atoms with van der Waals surface area (Å²) in [5.41, 5.74) is 2.11. The zero-order chi connectivity index (χ0) is 20.5. The van der Waals surface area contributed by atoms with Gasteiger partial charge in [0.25, 0.3) is 15.9 Å². The molecule has 4 nitrogen and oxygen atoms in total. The van der Waals surface area contributed by atoms with E-state index < -0.39 is 15.9 Å². The van der Waals surface area contributed by atoms with Crippen LogP contribution in [0.25, 0.3) is 0 Å². The lowest BCUT2D eigenvalue weighted by molar-refractivity contribution is 0.100. The van der Waals surface area contributed by atoms with Crippen molar-refractivity contribution in [1.82, 2.24) is 0 Å². The Morgan fingerprint density at radius 1 is 0.929 bits per heavy atom. The predicted octanol–water partition coefficient (Wildman–Crippen LogP) is 5.76. The van der Waals surface area contributed by atoms with Crippen LogP contribution in [-0.2, 0) is 10.0 Å². The van der Waals surface area contributed by atoms with Crippen LogP contribution < -0.4 is 4.31 Å². The van der Waals surface area contributed by atoms with Crippen molar-refractivity contribution in [3.8, 4) is 0 Å². The van der Waals surface area contributed by atoms with E-state index in [9.17, 15) is 13.2 Å². The largest absolute Gasteiger partial charge is 0.272 e. The van der Waals surface area contributed by atoms with E-state index in [0.717, 1.165) is 14.3 Å². The van der Waals surface area contributed by atoms with Gasteiger partial charge >= 0.3 is 0 Å². The highest BCUT2D eigenvalue weighted by Crippen LogP contribution is 2.30. The number of benzene rings is 3. The molecule has 0 aliphatic heterocycles. The van der Waals surface area contributed by atoms with Crippen molar-refractivity contribution in [2.45, 2.75) is 18.7 Å². The van der Waals surface area contributed by atoms with E-state index in [0.29, 0.717) is 16.3 Å². The van der Waals surface area contributed by atoms with Gasteiger partial charge in [-0.3, -0.25) is 4.79 Å². The highest BCUT2D eigenvalue weighted by Gasteiger charge is 2.33. The van der Waals surface area contributed by atoms with Gasteiger partial charge in [-0.15, -0.1) is 0 Å². The number of hydrogen-bond donors (Lipinski definition) is 0. The molecule has 0 saturated heterocycles. The molecule has 28 heavy (non-hydrogen) atoms. The first-order valence-electron chi connectivity index (χ1n) is 8.38. The Bertz CT molecular complexity index is 1130. The van der Waals surface area contributed by atoms with Crippen LogP contribution in [0.15, 0.2) is 76.1 Å². The number of nitrogens with zero attached hydrogens (tertiary/aromatic N) is 1. The number of amides is 1. The molecule has 0 aliphatic rings. The van der Waals surface area contributed by atoms with Crippen LogP contribution in [0.2, 0.25) is 5.02 Å². The molecule has 0 N–H and O–H groups in total. The van der Waals surface area contributed by atoms with Crippen LogP contribution in [0.4, 0.5) is 5.69 Å². The van der Waals surface area contributed by atoms with Crippen molar-refractivity contribution >= 4 is 49.1 Å². The molecule has 0 atom stereocenters. The fourth-order valence-electron chi connectivity index (χ4n) is 2.71. The zero-order valence-corrected chi connectivity index (χ0v) is 18.3. The highest BCUT2D eigenvalue weighted by atomic mass is 79.9. The van der Waals surface area contributed by atoms with Gasteiger partial charge in [0.1, 0.15) is 0 Å². The van der Waals surface area contributed by atoms with Crippen LogP contribution in [0.3, 0.4) is 0 Å². The molecule has 0 bridgehead atoms. The van der Waals surface area contributed by atoms with Gasteiger partial charge < -0.3 is 0 Å². The van der Waals surface area contributed by atoms with Crippen molar-refractivity contribution in [3.63, 3.8) is 0 Å². The van der Waals surface area contributed by atoms with Gasteiger partial charge in [-0.25, -0.2) is 8.42 Å². The fourth-order valence-corrected chi connectivity index (χ4v) is 4.57. The minimum absolute atomic E-state index is 0.0109. The van der Waals surface area contributed by atoms with E-state index in [1.807, 2.05) is 13.0 Å². The summed E-state index contributed by atoms with van der Waals surface area (Å²) in [6.45, 7) is 3.62. The summed E-state index contributed by atoms with van der Waals surface area (Å²) in [5.74, 6) is -0.629. The number of anilines is 1. The molecular weight excluding hydrogens is 462 g/mol. The topological polar surface area (TPSA) is 54.5 Å². The first-order valence-corrected chi connectivity index (χ1v) is 11.0. The summed E-state index contributed by atoms with van der Waals surface area (Å²) in [4.78, 5) is 13.3. The second kappa shape index (κ2) is 8.07. The monoisotopic (exact) mass is 477 g/mol. The Kier molecular flexibility index (Phi) is 5.93. The molecule has 0 saturated carbocycles. The molecular formula is C21H17BrClNO3S. The van der Waals surface area contributed by atoms with Gasteiger partial charge in [0.2, 0.25) is 0 Å². The molecule has 1 amide bonds. The standard InChI is InChI=1S/C21H17BrClNO3S/c1-14-3-4-15(2)20(13-14)24(21(25)16-5-7-17(22)8-6-16)28(26,27)19-11-9-18(23)10-12-19/h3-13H,1-2H3. The van der Waals surface area contributed by atoms with Gasteiger partial charge in [-0.05, 0) is 79.6 Å². The van der Waals surface area contributed by atoms with Crippen LogP contribution in [0.5, 0.6) is 0 Å². The maximum atomic E-state index is 13.4. The summed E-state index contributed by atoms with van der Waals surface area (Å²) in [6, 6.07) is 17.7. The molecule has 7 heteroatoms. The second-order valence-corrected chi connectivity index (χ2v) is 9.46. The van der Waals surface area contributed by atoms with E-state index in [1.54, 1.807) is 43.3 Å². The zero-order valence-electron chi connectivity index (χ0n) is 15.2. The predicted molar refractivity (Wildman–Crippen MR) is 116 cm³/mol. The minimum atomic E-state index is -4.15. The summed E-state index contributed by atoms with van der Waals surface area (Å²) in [5, 5.41) is 0.413. The molecule has 3 rings (SSSR count). The molecule has 3 aromatic rings. The second-order valence-electron chi connectivity index (χ2n) is 6.33. The number of rotatable bonds is 4. The molecule has 0 aliphatic carbocycles. The van der Waals surface area contributed by atoms with E-state index >= 15 is 0 Å². The smallest absolute Gasteiger partial charge is 0.268 e. The first kappa shape index (κ1) is 20.6. The summed E-state index contributed by atoms with van der Waals surface area (Å²) in [7, 11) is -4.15. The lowest BCUT2D eigenvalue weighted by atomic mass is 10.1. The molecule has 0 fully saturated rings. The van der Waals surface area contributed by atoms with Crippen LogP contribution in [0.1, 0.15) is 21.5 Å². The van der Waals surface area contributed by atoms with E-state index in [4.69, 9.17) is 11.6 Å². The normalized spacial score (nSPS) is 11.3. The maximum Gasteiger partial charge on any atom is 0.272 e. The minimum Gasteiger partial charge on any atom is -0.268 e. The lowest BCUT2D eigenvalue weighted by Gasteiger charge is -2.25. The Balaban J connectivity index is 2.22. The number of halogens is 2. The Morgan fingerprint density at radius 2 is 1.54 bits per heavy atom. The average molecular weight is 479 g/mol. The van der Waals surface area contributed by atoms with Gasteiger partial charge in [0.15, 0.2) is 0 Å². The van der Waals surface area contributed by atoms with Crippen LogP contribution >= 0.6 is 27.5 Å². The Morgan fingerprint density at radius 3 is 2.14 bits per heavy atom. The molecule has 0 radical (unpaired) electrons. The van der Waals surface area contributed by atoms with Crippen molar-refractivity contribution in [2.24, 2.45) is 0 Å². The summed E-state index contributed by atoms with van der Waals surface area (Å²) >= 11 is 9.22. The number of sulfonamides is 1. The third-order valence-electron chi connectivity index (χ3n) is 4.21. The van der Waals surface area contributed by atoms with Crippen molar-refractivity contribution in [2.75, 3.05) is 4.31 Å². The van der Waals surface area contributed by atoms with Crippen molar-refractivity contribution < 1.29 is 13.2 Å². The van der Waals surface area contributed by atoms with Gasteiger partial charge in [-0.2, -0.15) is 4.31 Å². The van der Waals surface area contributed by atoms with Crippen LogP contribution in [-0.4, -0.2) is 14.3 Å². The third-order valence-corrected chi connectivity index (χ3v) is 6.70. The molecule has 0 heterocycles. The molecule has 0 spiro atoms. The third kappa shape index (κ3) is 4.14. The van der Waals surface area contributed by atoms with Crippen LogP contribution in [0, 0.1) is 13.8 Å².